The van der Waals surface area contributed by atoms with Crippen LogP contribution in [0.15, 0.2) is 30.5 Å². The van der Waals surface area contributed by atoms with Gasteiger partial charge in [-0.2, -0.15) is 0 Å². The third-order valence-corrected chi connectivity index (χ3v) is 6.28. The largest absolute Gasteiger partial charge is 0.350 e. The zero-order chi connectivity index (χ0) is 16.1. The smallest absolute Gasteiger partial charge is 0.226 e. The van der Waals surface area contributed by atoms with Crippen molar-refractivity contribution in [2.75, 3.05) is 0 Å². The van der Waals surface area contributed by atoms with E-state index in [1.807, 2.05) is 24.3 Å². The number of para-hydroxylation sites is 2. The summed E-state index contributed by atoms with van der Waals surface area (Å²) in [6, 6.07) is 7.80. The molecule has 1 N–H and O–H groups in total. The lowest BCUT2D eigenvalue weighted by atomic mass is 9.53. The van der Waals surface area contributed by atoms with Gasteiger partial charge in [0.15, 0.2) is 0 Å². The zero-order valence-corrected chi connectivity index (χ0v) is 13.9. The number of nitrogens with one attached hydrogen (secondary N) is 1. The lowest BCUT2D eigenvalue weighted by Crippen LogP contribution is -2.60. The molecule has 0 saturated heterocycles. The third kappa shape index (κ3) is 2.48. The molecule has 1 aromatic heterocycles. The first-order chi connectivity index (χ1) is 11.7. The monoisotopic (exact) mass is 321 g/mol. The van der Waals surface area contributed by atoms with Gasteiger partial charge in [0.2, 0.25) is 5.91 Å². The van der Waals surface area contributed by atoms with E-state index in [1.54, 1.807) is 6.20 Å². The van der Waals surface area contributed by atoms with Gasteiger partial charge >= 0.3 is 0 Å². The van der Waals surface area contributed by atoms with Crippen molar-refractivity contribution in [3.63, 3.8) is 0 Å². The molecular weight excluding hydrogens is 298 g/mol. The summed E-state index contributed by atoms with van der Waals surface area (Å²) < 4.78 is 0. The van der Waals surface area contributed by atoms with E-state index in [9.17, 15) is 4.79 Å². The SMILES string of the molecule is O=C(Cc1cnc2ccccc2n1)NC12CC3CC(CC(C3)C1)C2. The predicted octanol–water partition coefficient (Wildman–Crippen LogP) is 3.26. The van der Waals surface area contributed by atoms with Crippen molar-refractivity contribution in [3.8, 4) is 0 Å². The number of fused-ring (bicyclic) bond motifs is 1. The summed E-state index contributed by atoms with van der Waals surface area (Å²) >= 11 is 0. The van der Waals surface area contributed by atoms with Gasteiger partial charge < -0.3 is 5.32 Å². The Morgan fingerprint density at radius 1 is 1.04 bits per heavy atom. The van der Waals surface area contributed by atoms with Gasteiger partial charge in [-0.15, -0.1) is 0 Å². The minimum Gasteiger partial charge on any atom is -0.350 e. The average Bonchev–Trinajstić information content (AvgIpc) is 2.52. The summed E-state index contributed by atoms with van der Waals surface area (Å²) in [6.07, 6.45) is 9.82. The fraction of sp³-hybridized carbons (Fsp3) is 0.550. The fourth-order valence-corrected chi connectivity index (χ4v) is 5.85. The Labute approximate surface area is 142 Å². The van der Waals surface area contributed by atoms with Crippen LogP contribution in [0, 0.1) is 17.8 Å². The van der Waals surface area contributed by atoms with Crippen LogP contribution < -0.4 is 5.32 Å². The van der Waals surface area contributed by atoms with Crippen molar-refractivity contribution in [2.24, 2.45) is 17.8 Å². The molecular formula is C20H23N3O. The quantitative estimate of drug-likeness (QED) is 0.944. The van der Waals surface area contributed by atoms with E-state index in [0.29, 0.717) is 6.42 Å². The molecule has 0 unspecified atom stereocenters. The van der Waals surface area contributed by atoms with Crippen molar-refractivity contribution in [1.82, 2.24) is 15.3 Å². The lowest BCUT2D eigenvalue weighted by Gasteiger charge is -2.56. The van der Waals surface area contributed by atoms with Crippen LogP contribution >= 0.6 is 0 Å². The highest BCUT2D eigenvalue weighted by molar-refractivity contribution is 5.80. The van der Waals surface area contributed by atoms with E-state index < -0.39 is 0 Å². The van der Waals surface area contributed by atoms with Gasteiger partial charge in [-0.1, -0.05) is 12.1 Å². The van der Waals surface area contributed by atoms with E-state index in [0.717, 1.165) is 34.5 Å². The Morgan fingerprint density at radius 2 is 1.67 bits per heavy atom. The van der Waals surface area contributed by atoms with Gasteiger partial charge in [0, 0.05) is 11.7 Å². The van der Waals surface area contributed by atoms with Gasteiger partial charge in [0.1, 0.15) is 0 Å². The Hall–Kier alpha value is -1.97. The zero-order valence-electron chi connectivity index (χ0n) is 13.9. The number of aromatic nitrogens is 2. The minimum atomic E-state index is 0.0795. The Kier molecular flexibility index (Phi) is 3.15. The molecule has 4 fully saturated rings. The standard InChI is InChI=1S/C20H23N3O/c24-19(8-16-12-21-17-3-1-2-4-18(17)22-16)23-20-9-13-5-14(10-20)7-15(6-13)11-20/h1-4,12-15H,5-11H2,(H,23,24). The van der Waals surface area contributed by atoms with Crippen LogP contribution in [0.2, 0.25) is 0 Å². The maximum absolute atomic E-state index is 12.7. The van der Waals surface area contributed by atoms with E-state index >= 15 is 0 Å². The first-order valence-corrected chi connectivity index (χ1v) is 9.19. The first kappa shape index (κ1) is 14.4. The topological polar surface area (TPSA) is 54.9 Å². The normalized spacial score (nSPS) is 33.8. The van der Waals surface area contributed by atoms with Crippen LogP contribution in [-0.4, -0.2) is 21.4 Å². The van der Waals surface area contributed by atoms with E-state index in [4.69, 9.17) is 0 Å². The molecule has 1 amide bonds. The molecule has 4 nitrogen and oxygen atoms in total. The summed E-state index contributed by atoms with van der Waals surface area (Å²) in [7, 11) is 0. The number of carbonyl (C=O) groups is 1. The summed E-state index contributed by atoms with van der Waals surface area (Å²) in [5.74, 6) is 2.65. The molecule has 0 spiro atoms. The van der Waals surface area contributed by atoms with Gasteiger partial charge in [0.25, 0.3) is 0 Å². The van der Waals surface area contributed by atoms with Crippen molar-refractivity contribution in [3.05, 3.63) is 36.2 Å². The van der Waals surface area contributed by atoms with E-state index in [1.165, 1.54) is 38.5 Å². The summed E-state index contributed by atoms with van der Waals surface area (Å²) in [5.41, 5.74) is 2.58. The number of hydrogen-bond acceptors (Lipinski definition) is 3. The molecule has 0 atom stereocenters. The fourth-order valence-electron chi connectivity index (χ4n) is 5.85. The maximum Gasteiger partial charge on any atom is 0.226 e. The van der Waals surface area contributed by atoms with Crippen molar-refractivity contribution < 1.29 is 4.79 Å². The second-order valence-electron chi connectivity index (χ2n) is 8.27. The number of benzene rings is 1. The molecule has 1 aromatic carbocycles. The highest BCUT2D eigenvalue weighted by atomic mass is 16.1. The second kappa shape index (κ2) is 5.27. The molecule has 124 valence electrons. The minimum absolute atomic E-state index is 0.0795. The number of rotatable bonds is 3. The van der Waals surface area contributed by atoms with Gasteiger partial charge in [-0.05, 0) is 68.4 Å². The molecule has 4 aliphatic rings. The van der Waals surface area contributed by atoms with Crippen LogP contribution in [0.4, 0.5) is 0 Å². The van der Waals surface area contributed by atoms with Gasteiger partial charge in [-0.25, -0.2) is 4.98 Å². The summed E-state index contributed by atoms with van der Waals surface area (Å²) in [5, 5.41) is 3.41. The molecule has 4 heteroatoms. The maximum atomic E-state index is 12.7. The highest BCUT2D eigenvalue weighted by Crippen LogP contribution is 2.55. The van der Waals surface area contributed by atoms with Gasteiger partial charge in [-0.3, -0.25) is 9.78 Å². The van der Waals surface area contributed by atoms with Crippen LogP contribution in [0.25, 0.3) is 11.0 Å². The molecule has 1 heterocycles. The Bertz CT molecular complexity index is 765. The highest BCUT2D eigenvalue weighted by Gasteiger charge is 2.51. The predicted molar refractivity (Wildman–Crippen MR) is 92.3 cm³/mol. The second-order valence-corrected chi connectivity index (χ2v) is 8.27. The number of amides is 1. The van der Waals surface area contributed by atoms with E-state index in [2.05, 4.69) is 15.3 Å². The third-order valence-electron chi connectivity index (χ3n) is 6.28. The molecule has 4 aliphatic carbocycles. The summed E-state index contributed by atoms with van der Waals surface area (Å²) in [4.78, 5) is 21.7. The number of hydrogen-bond donors (Lipinski definition) is 1. The number of nitrogens with zero attached hydrogens (tertiary/aromatic N) is 2. The van der Waals surface area contributed by atoms with E-state index in [-0.39, 0.29) is 11.4 Å². The van der Waals surface area contributed by atoms with Crippen molar-refractivity contribution in [2.45, 2.75) is 50.5 Å². The molecule has 24 heavy (non-hydrogen) atoms. The van der Waals surface area contributed by atoms with Gasteiger partial charge in [0.05, 0.1) is 23.1 Å². The molecule has 4 bridgehead atoms. The average molecular weight is 321 g/mol. The van der Waals surface area contributed by atoms with Crippen LogP contribution in [-0.2, 0) is 11.2 Å². The molecule has 6 rings (SSSR count). The molecule has 0 aliphatic heterocycles. The lowest BCUT2D eigenvalue weighted by molar-refractivity contribution is -0.126. The first-order valence-electron chi connectivity index (χ1n) is 9.19. The van der Waals surface area contributed by atoms with Crippen LogP contribution in [0.3, 0.4) is 0 Å². The molecule has 4 saturated carbocycles. The van der Waals surface area contributed by atoms with Crippen LogP contribution in [0.5, 0.6) is 0 Å². The van der Waals surface area contributed by atoms with Crippen LogP contribution in [0.1, 0.15) is 44.2 Å². The summed E-state index contributed by atoms with van der Waals surface area (Å²) in [6.45, 7) is 0. The molecule has 2 aromatic rings. The molecule has 0 radical (unpaired) electrons. The Morgan fingerprint density at radius 3 is 2.33 bits per heavy atom. The van der Waals surface area contributed by atoms with Crippen molar-refractivity contribution >= 4 is 16.9 Å². The number of carbonyl (C=O) groups excluding carboxylic acids is 1. The van der Waals surface area contributed by atoms with Crippen molar-refractivity contribution in [1.29, 1.82) is 0 Å². The Balaban J connectivity index is 1.32.